The molecule has 0 aromatic heterocycles. The normalized spacial score (nSPS) is 11.1. The van der Waals surface area contributed by atoms with Crippen LogP contribution >= 0.6 is 68.4 Å². The second-order valence-electron chi connectivity index (χ2n) is 7.27. The summed E-state index contributed by atoms with van der Waals surface area (Å²) >= 11 is 16.4. The quantitative estimate of drug-likeness (QED) is 0.161. The van der Waals surface area contributed by atoms with Crippen molar-refractivity contribution in [1.29, 1.82) is 5.26 Å². The van der Waals surface area contributed by atoms with Gasteiger partial charge in [0.25, 0.3) is 5.91 Å². The van der Waals surface area contributed by atoms with Gasteiger partial charge in [0.2, 0.25) is 0 Å². The molecule has 4 nitrogen and oxygen atoms in total. The third kappa shape index (κ3) is 6.85. The third-order valence-electron chi connectivity index (χ3n) is 4.83. The lowest BCUT2D eigenvalue weighted by atomic mass is 10.1. The van der Waals surface area contributed by atoms with Crippen LogP contribution in [-0.4, -0.2) is 5.91 Å². The Balaban J connectivity index is 1.77. The van der Waals surface area contributed by atoms with Crippen molar-refractivity contribution in [3.8, 4) is 11.8 Å². The van der Waals surface area contributed by atoms with Crippen LogP contribution in [0.15, 0.2) is 54.1 Å². The summed E-state index contributed by atoms with van der Waals surface area (Å²) in [6, 6.07) is 16.7. The van der Waals surface area contributed by atoms with E-state index in [2.05, 4.69) is 50.5 Å². The SMILES string of the molecule is Cc1ccc(NC(=O)/C(C#N)=C/c2cc(I)c(OCc3ccc(Cl)c(Cl)c3)c(I)c2)cc1C. The third-order valence-corrected chi connectivity index (χ3v) is 7.17. The number of nitrogens with zero attached hydrogens (tertiary/aromatic N) is 1. The minimum Gasteiger partial charge on any atom is -0.487 e. The van der Waals surface area contributed by atoms with Gasteiger partial charge in [0.05, 0.1) is 17.2 Å². The van der Waals surface area contributed by atoms with Crippen molar-refractivity contribution in [1.82, 2.24) is 0 Å². The summed E-state index contributed by atoms with van der Waals surface area (Å²) in [5, 5.41) is 13.3. The summed E-state index contributed by atoms with van der Waals surface area (Å²) in [5.74, 6) is 0.267. The molecule has 0 bridgehead atoms. The molecule has 3 rings (SSSR count). The summed E-state index contributed by atoms with van der Waals surface area (Å²) in [4.78, 5) is 12.6. The van der Waals surface area contributed by atoms with E-state index in [1.165, 1.54) is 0 Å². The lowest BCUT2D eigenvalue weighted by Crippen LogP contribution is -2.13. The van der Waals surface area contributed by atoms with Gasteiger partial charge in [0.15, 0.2) is 0 Å². The minimum atomic E-state index is -0.453. The second kappa shape index (κ2) is 11.6. The molecule has 0 aliphatic carbocycles. The predicted molar refractivity (Wildman–Crippen MR) is 151 cm³/mol. The van der Waals surface area contributed by atoms with Gasteiger partial charge in [-0.3, -0.25) is 4.79 Å². The van der Waals surface area contributed by atoms with Crippen molar-refractivity contribution >= 4 is 86.1 Å². The van der Waals surface area contributed by atoms with E-state index in [0.29, 0.717) is 22.3 Å². The molecule has 3 aromatic rings. The number of halogens is 4. The molecule has 8 heteroatoms. The highest BCUT2D eigenvalue weighted by Gasteiger charge is 2.13. The highest BCUT2D eigenvalue weighted by Crippen LogP contribution is 2.31. The Morgan fingerprint density at radius 1 is 1.03 bits per heavy atom. The number of hydrogen-bond acceptors (Lipinski definition) is 3. The molecule has 0 saturated carbocycles. The van der Waals surface area contributed by atoms with E-state index in [1.54, 1.807) is 18.2 Å². The molecule has 3 aromatic carbocycles. The lowest BCUT2D eigenvalue weighted by Gasteiger charge is -2.12. The van der Waals surface area contributed by atoms with Crippen LogP contribution in [0.25, 0.3) is 6.08 Å². The summed E-state index contributed by atoms with van der Waals surface area (Å²) < 4.78 is 7.72. The van der Waals surface area contributed by atoms with Crippen LogP contribution in [0.2, 0.25) is 10.0 Å². The van der Waals surface area contributed by atoms with Crippen molar-refractivity contribution in [2.75, 3.05) is 5.32 Å². The number of anilines is 1. The molecule has 0 heterocycles. The lowest BCUT2D eigenvalue weighted by molar-refractivity contribution is -0.112. The fourth-order valence-electron chi connectivity index (χ4n) is 2.92. The fraction of sp³-hybridized carbons (Fsp3) is 0.120. The Labute approximate surface area is 230 Å². The van der Waals surface area contributed by atoms with E-state index in [9.17, 15) is 10.1 Å². The average Bonchev–Trinajstić information content (AvgIpc) is 2.76. The smallest absolute Gasteiger partial charge is 0.266 e. The summed E-state index contributed by atoms with van der Waals surface area (Å²) in [6.07, 6.45) is 1.57. The Morgan fingerprint density at radius 3 is 2.33 bits per heavy atom. The Bertz CT molecular complexity index is 1280. The number of hydrogen-bond donors (Lipinski definition) is 1. The first-order valence-electron chi connectivity index (χ1n) is 9.74. The molecule has 0 fully saturated rings. The van der Waals surface area contributed by atoms with Crippen LogP contribution in [0.4, 0.5) is 5.69 Å². The van der Waals surface area contributed by atoms with Crippen molar-refractivity contribution in [3.05, 3.63) is 93.5 Å². The Hall–Kier alpha value is -1.80. The molecular weight excluding hydrogens is 685 g/mol. The van der Waals surface area contributed by atoms with Gasteiger partial charge in [-0.2, -0.15) is 5.26 Å². The van der Waals surface area contributed by atoms with E-state index in [4.69, 9.17) is 27.9 Å². The van der Waals surface area contributed by atoms with Crippen molar-refractivity contribution in [3.63, 3.8) is 0 Å². The van der Waals surface area contributed by atoms with Gasteiger partial charge in [0, 0.05) is 5.69 Å². The number of nitrogens with one attached hydrogen (secondary N) is 1. The van der Waals surface area contributed by atoms with Gasteiger partial charge < -0.3 is 10.1 Å². The largest absolute Gasteiger partial charge is 0.487 e. The number of carbonyl (C=O) groups is 1. The molecule has 0 spiro atoms. The molecule has 0 saturated heterocycles. The summed E-state index contributed by atoms with van der Waals surface area (Å²) in [5.41, 5.74) is 4.50. The van der Waals surface area contributed by atoms with Gasteiger partial charge >= 0.3 is 0 Å². The molecule has 0 radical (unpaired) electrons. The molecule has 0 atom stereocenters. The maximum atomic E-state index is 12.6. The van der Waals surface area contributed by atoms with Gasteiger partial charge in [-0.05, 0) is 124 Å². The number of amides is 1. The molecule has 0 unspecified atom stereocenters. The highest BCUT2D eigenvalue weighted by molar-refractivity contribution is 14.1. The maximum Gasteiger partial charge on any atom is 0.266 e. The van der Waals surface area contributed by atoms with E-state index in [1.807, 2.05) is 56.3 Å². The molecule has 168 valence electrons. The van der Waals surface area contributed by atoms with Crippen molar-refractivity contribution in [2.45, 2.75) is 20.5 Å². The van der Waals surface area contributed by atoms with Gasteiger partial charge in [0.1, 0.15) is 24.0 Å². The zero-order chi connectivity index (χ0) is 24.1. The molecule has 33 heavy (non-hydrogen) atoms. The fourth-order valence-corrected chi connectivity index (χ4v) is 5.37. The zero-order valence-electron chi connectivity index (χ0n) is 17.7. The van der Waals surface area contributed by atoms with Gasteiger partial charge in [-0.25, -0.2) is 0 Å². The van der Waals surface area contributed by atoms with Crippen LogP contribution in [0.3, 0.4) is 0 Å². The van der Waals surface area contributed by atoms with Crippen LogP contribution in [0.1, 0.15) is 22.3 Å². The minimum absolute atomic E-state index is 0.0179. The topological polar surface area (TPSA) is 62.1 Å². The number of rotatable bonds is 6. The van der Waals surface area contributed by atoms with Crippen molar-refractivity contribution < 1.29 is 9.53 Å². The number of aryl methyl sites for hydroxylation is 2. The van der Waals surface area contributed by atoms with E-state index >= 15 is 0 Å². The van der Waals surface area contributed by atoms with E-state index in [0.717, 1.165) is 35.1 Å². The van der Waals surface area contributed by atoms with Crippen LogP contribution in [0, 0.1) is 32.3 Å². The maximum absolute atomic E-state index is 12.6. The average molecular weight is 703 g/mol. The Morgan fingerprint density at radius 2 is 1.73 bits per heavy atom. The van der Waals surface area contributed by atoms with E-state index in [-0.39, 0.29) is 5.57 Å². The number of benzene rings is 3. The number of carbonyl (C=O) groups excluding carboxylic acids is 1. The van der Waals surface area contributed by atoms with Crippen LogP contribution in [-0.2, 0) is 11.4 Å². The molecule has 1 amide bonds. The van der Waals surface area contributed by atoms with Crippen molar-refractivity contribution in [2.24, 2.45) is 0 Å². The predicted octanol–water partition coefficient (Wildman–Crippen LogP) is 7.94. The first kappa shape index (κ1) is 25.8. The molecule has 0 aliphatic rings. The first-order valence-corrected chi connectivity index (χ1v) is 12.7. The van der Waals surface area contributed by atoms with Crippen LogP contribution < -0.4 is 10.1 Å². The molecule has 1 N–H and O–H groups in total. The standard InChI is InChI=1S/C25H18Cl2I2N2O2/c1-14-3-5-19(7-15(14)2)31-25(32)18(12-30)8-17-10-22(28)24(23(29)11-17)33-13-16-4-6-20(26)21(27)9-16/h3-11H,13H2,1-2H3,(H,31,32)/b18-8+. The van der Waals surface area contributed by atoms with Gasteiger partial charge in [-0.1, -0.05) is 35.3 Å². The van der Waals surface area contributed by atoms with E-state index < -0.39 is 5.91 Å². The second-order valence-corrected chi connectivity index (χ2v) is 10.4. The number of ether oxygens (including phenoxy) is 1. The molecule has 0 aliphatic heterocycles. The Kier molecular flexibility index (Phi) is 9.04. The summed E-state index contributed by atoms with van der Waals surface area (Å²) in [6.45, 7) is 4.31. The zero-order valence-corrected chi connectivity index (χ0v) is 23.5. The van der Waals surface area contributed by atoms with Crippen LogP contribution in [0.5, 0.6) is 5.75 Å². The highest BCUT2D eigenvalue weighted by atomic mass is 127. The van der Waals surface area contributed by atoms with Gasteiger partial charge in [-0.15, -0.1) is 0 Å². The number of nitriles is 1. The monoisotopic (exact) mass is 702 g/mol. The first-order chi connectivity index (χ1) is 15.7. The summed E-state index contributed by atoms with van der Waals surface area (Å²) in [7, 11) is 0. The molecular formula is C25H18Cl2I2N2O2.